The van der Waals surface area contributed by atoms with Crippen LogP contribution in [-0.2, 0) is 15.8 Å². The van der Waals surface area contributed by atoms with Gasteiger partial charge >= 0.3 is 12.1 Å². The van der Waals surface area contributed by atoms with Gasteiger partial charge in [0.25, 0.3) is 0 Å². The van der Waals surface area contributed by atoms with Crippen molar-refractivity contribution in [2.24, 2.45) is 10.1 Å². The molecule has 3 aliphatic rings. The van der Waals surface area contributed by atoms with Crippen molar-refractivity contribution in [1.82, 2.24) is 19.7 Å². The maximum absolute atomic E-state index is 13.6. The molecule has 0 fully saturated rings. The van der Waals surface area contributed by atoms with Gasteiger partial charge in [0.2, 0.25) is 11.6 Å². The number of rotatable bonds is 4. The molecule has 15 heteroatoms. The van der Waals surface area contributed by atoms with E-state index in [0.29, 0.717) is 0 Å². The average molecular weight is 452 g/mol. The molecule has 162 valence electrons. The smallest absolute Gasteiger partial charge is 0.411 e. The van der Waals surface area contributed by atoms with Gasteiger partial charge in [-0.2, -0.15) is 22.0 Å². The number of sulfone groups is 1. The molecule has 0 bridgehead atoms. The van der Waals surface area contributed by atoms with Crippen LogP contribution in [0, 0.1) is 6.92 Å². The molecule has 0 aliphatic carbocycles. The fourth-order valence-electron chi connectivity index (χ4n) is 2.59. The third kappa shape index (κ3) is 3.53. The Morgan fingerprint density at radius 1 is 1.23 bits per heavy atom. The topological polar surface area (TPSA) is 123 Å². The Labute approximate surface area is 165 Å². The molecule has 30 heavy (non-hydrogen) atoms. The fraction of sp³-hybridized carbons (Fsp3) is 0.400. The van der Waals surface area contributed by atoms with Crippen LogP contribution >= 0.6 is 0 Å². The molecule has 0 amide bonds. The monoisotopic (exact) mass is 452 g/mol. The van der Waals surface area contributed by atoms with Gasteiger partial charge in [-0.3, -0.25) is 0 Å². The van der Waals surface area contributed by atoms with Crippen molar-refractivity contribution in [3.05, 3.63) is 22.5 Å². The fourth-order valence-corrected chi connectivity index (χ4v) is 3.72. The predicted octanol–water partition coefficient (Wildman–Crippen LogP) is 2.61. The molecule has 0 atom stereocenters. The SMILES string of the molecule is CCS(=O)(=O)C1=C(n2nc3nc(C(F)(F)C(F)(F)F)nc-3cc2C)N=CC(=NO)C1. The average Bonchev–Trinajstić information content (AvgIpc) is 3.09. The first-order chi connectivity index (χ1) is 13.8. The van der Waals surface area contributed by atoms with E-state index in [1.807, 2.05) is 0 Å². The van der Waals surface area contributed by atoms with E-state index in [1.54, 1.807) is 0 Å². The zero-order valence-electron chi connectivity index (χ0n) is 15.3. The summed E-state index contributed by atoms with van der Waals surface area (Å²) in [5, 5.41) is 15.7. The minimum atomic E-state index is -5.90. The van der Waals surface area contributed by atoms with Crippen LogP contribution in [-0.4, -0.2) is 57.2 Å². The molecule has 0 aromatic heterocycles. The first-order valence-corrected chi connectivity index (χ1v) is 9.87. The van der Waals surface area contributed by atoms with Gasteiger partial charge in [0.1, 0.15) is 11.4 Å². The number of nitrogens with zero attached hydrogens (tertiary/aromatic N) is 6. The minimum Gasteiger partial charge on any atom is -0.411 e. The van der Waals surface area contributed by atoms with E-state index >= 15 is 0 Å². The van der Waals surface area contributed by atoms with Crippen molar-refractivity contribution in [3.8, 4) is 11.5 Å². The Balaban J connectivity index is 2.23. The van der Waals surface area contributed by atoms with Gasteiger partial charge in [0, 0.05) is 12.1 Å². The molecule has 3 heterocycles. The molecule has 0 saturated carbocycles. The van der Waals surface area contributed by atoms with E-state index in [0.717, 1.165) is 17.0 Å². The van der Waals surface area contributed by atoms with Crippen LogP contribution in [0.2, 0.25) is 0 Å². The molecule has 0 spiro atoms. The second-order valence-corrected chi connectivity index (χ2v) is 8.50. The number of oxime groups is 1. The van der Waals surface area contributed by atoms with E-state index in [9.17, 15) is 30.4 Å². The van der Waals surface area contributed by atoms with Gasteiger partial charge in [0.15, 0.2) is 15.7 Å². The summed E-state index contributed by atoms with van der Waals surface area (Å²) in [6.07, 6.45) is -5.15. The number of hydrogen-bond acceptors (Lipinski definition) is 8. The highest BCUT2D eigenvalue weighted by molar-refractivity contribution is 7.95. The van der Waals surface area contributed by atoms with Crippen molar-refractivity contribution in [1.29, 1.82) is 0 Å². The number of halogens is 5. The molecule has 0 saturated heterocycles. The molecule has 0 radical (unpaired) electrons. The Kier molecular flexibility index (Phi) is 5.12. The highest BCUT2D eigenvalue weighted by atomic mass is 32.2. The second kappa shape index (κ2) is 7.07. The zero-order chi connectivity index (χ0) is 22.5. The van der Waals surface area contributed by atoms with Crippen LogP contribution in [0.3, 0.4) is 0 Å². The third-order valence-electron chi connectivity index (χ3n) is 4.19. The molecular formula is C15H13F5N6O3S. The lowest BCUT2D eigenvalue weighted by molar-refractivity contribution is -0.292. The summed E-state index contributed by atoms with van der Waals surface area (Å²) in [6.45, 7) is 2.77. The van der Waals surface area contributed by atoms with E-state index in [4.69, 9.17) is 5.21 Å². The van der Waals surface area contributed by atoms with Crippen LogP contribution < -0.4 is 0 Å². The van der Waals surface area contributed by atoms with Gasteiger partial charge in [-0.15, -0.1) is 5.10 Å². The normalized spacial score (nSPS) is 17.4. The Hall–Kier alpha value is -2.97. The number of hydrogen-bond donors (Lipinski definition) is 1. The number of aryl methyl sites for hydroxylation is 1. The molecule has 0 aromatic rings. The summed E-state index contributed by atoms with van der Waals surface area (Å²) in [4.78, 5) is 10.1. The Morgan fingerprint density at radius 3 is 2.47 bits per heavy atom. The van der Waals surface area contributed by atoms with Crippen LogP contribution in [0.5, 0.6) is 0 Å². The second-order valence-electron chi connectivity index (χ2n) is 6.20. The van der Waals surface area contributed by atoms with E-state index in [1.165, 1.54) is 13.8 Å². The van der Waals surface area contributed by atoms with Crippen LogP contribution in [0.15, 0.2) is 21.1 Å². The number of allylic oxidation sites excluding steroid dienone is 1. The number of fused-ring (bicyclic) bond motifs is 1. The Morgan fingerprint density at radius 2 is 1.90 bits per heavy atom. The van der Waals surface area contributed by atoms with Crippen molar-refractivity contribution >= 4 is 27.6 Å². The van der Waals surface area contributed by atoms with Crippen LogP contribution in [0.25, 0.3) is 17.3 Å². The summed E-state index contributed by atoms with van der Waals surface area (Å²) >= 11 is 0. The van der Waals surface area contributed by atoms with E-state index in [-0.39, 0.29) is 40.0 Å². The quantitative estimate of drug-likeness (QED) is 0.432. The molecule has 9 nitrogen and oxygen atoms in total. The number of aromatic nitrogens is 4. The molecular weight excluding hydrogens is 439 g/mol. The zero-order valence-corrected chi connectivity index (χ0v) is 16.1. The number of imidazole rings is 1. The van der Waals surface area contributed by atoms with Gasteiger partial charge in [-0.1, -0.05) is 12.1 Å². The van der Waals surface area contributed by atoms with Gasteiger partial charge in [0.05, 0.1) is 16.9 Å². The largest absolute Gasteiger partial charge is 0.461 e. The standard InChI is InChI=1S/C15H13F5N6O3S/c1-3-30(28,29)10-5-8(25-27)6-21-12(10)26-7(2)4-9-11(24-26)23-13(22-9)14(16,17)15(18,19)20/h4,6,27H,3,5H2,1-2H3. The van der Waals surface area contributed by atoms with E-state index < -0.39 is 33.6 Å². The van der Waals surface area contributed by atoms with Gasteiger partial charge in [-0.05, 0) is 13.0 Å². The van der Waals surface area contributed by atoms with Crippen molar-refractivity contribution < 1.29 is 35.6 Å². The summed E-state index contributed by atoms with van der Waals surface area (Å²) in [6, 6.07) is 1.12. The summed E-state index contributed by atoms with van der Waals surface area (Å²) in [5.41, 5.74) is -0.240. The van der Waals surface area contributed by atoms with E-state index in [2.05, 4.69) is 25.2 Å². The number of alkyl halides is 5. The van der Waals surface area contributed by atoms with Crippen molar-refractivity contribution in [2.75, 3.05) is 5.75 Å². The third-order valence-corrected chi connectivity index (χ3v) is 6.03. The lowest BCUT2D eigenvalue weighted by Gasteiger charge is -2.18. The highest BCUT2D eigenvalue weighted by Crippen LogP contribution is 2.43. The lowest BCUT2D eigenvalue weighted by atomic mass is 10.2. The van der Waals surface area contributed by atoms with Gasteiger partial charge in [-0.25, -0.2) is 28.1 Å². The molecule has 0 aromatic carbocycles. The summed E-state index contributed by atoms with van der Waals surface area (Å²) < 4.78 is 90.8. The van der Waals surface area contributed by atoms with Gasteiger partial charge < -0.3 is 5.21 Å². The molecule has 0 unspecified atom stereocenters. The summed E-state index contributed by atoms with van der Waals surface area (Å²) in [5.74, 6) is -8.17. The first-order valence-electron chi connectivity index (χ1n) is 8.22. The maximum atomic E-state index is 13.6. The van der Waals surface area contributed by atoms with Crippen molar-refractivity contribution in [2.45, 2.75) is 32.4 Å². The maximum Gasteiger partial charge on any atom is 0.461 e. The lowest BCUT2D eigenvalue weighted by Crippen LogP contribution is -2.34. The molecule has 3 rings (SSSR count). The van der Waals surface area contributed by atoms with Crippen LogP contribution in [0.1, 0.15) is 24.9 Å². The molecule has 3 aliphatic heterocycles. The predicted molar refractivity (Wildman–Crippen MR) is 94.1 cm³/mol. The Bertz CT molecular complexity index is 1170. The van der Waals surface area contributed by atoms with Crippen molar-refractivity contribution in [3.63, 3.8) is 0 Å². The minimum absolute atomic E-state index is 0.0506. The molecule has 1 N–H and O–H groups in total. The first kappa shape index (κ1) is 21.7. The van der Waals surface area contributed by atoms with Crippen LogP contribution in [0.4, 0.5) is 22.0 Å². The summed E-state index contributed by atoms with van der Waals surface area (Å²) in [7, 11) is -3.86. The highest BCUT2D eigenvalue weighted by Gasteiger charge is 2.61. The number of aliphatic imine (C=N–C) groups is 1.